The molecule has 1 atom stereocenters. The highest BCUT2D eigenvalue weighted by Gasteiger charge is 2.19. The highest BCUT2D eigenvalue weighted by atomic mass is 19.3. The van der Waals surface area contributed by atoms with Gasteiger partial charge in [-0.3, -0.25) is 9.59 Å². The van der Waals surface area contributed by atoms with Gasteiger partial charge < -0.3 is 20.1 Å². The van der Waals surface area contributed by atoms with E-state index in [9.17, 15) is 18.4 Å². The van der Waals surface area contributed by atoms with Gasteiger partial charge in [0, 0.05) is 5.56 Å². The zero-order valence-electron chi connectivity index (χ0n) is 13.8. The molecule has 2 N–H and O–H groups in total. The zero-order valence-corrected chi connectivity index (χ0v) is 13.8. The van der Waals surface area contributed by atoms with Gasteiger partial charge >= 0.3 is 6.61 Å². The van der Waals surface area contributed by atoms with Crippen LogP contribution in [0, 0.1) is 0 Å². The Morgan fingerprint density at radius 1 is 1.23 bits per heavy atom. The Morgan fingerprint density at radius 3 is 2.65 bits per heavy atom. The Hall–Kier alpha value is -3.16. The standard InChI is InChI=1S/C18H16F2N2O4/c1-10(11-2-5-13(6-3-11)26-18(19)20)21-17(24)12-4-7-14-15(8-12)25-9-16(23)22-14/h2-8,10,18H,9H2,1H3,(H,21,24)(H,22,23). The smallest absolute Gasteiger partial charge is 0.387 e. The molecule has 3 rings (SSSR count). The normalized spacial score (nSPS) is 14.1. The monoisotopic (exact) mass is 362 g/mol. The van der Waals surface area contributed by atoms with E-state index >= 15 is 0 Å². The molecule has 1 unspecified atom stereocenters. The maximum atomic E-state index is 12.4. The predicted octanol–water partition coefficient (Wildman–Crippen LogP) is 3.11. The van der Waals surface area contributed by atoms with Gasteiger partial charge in [-0.15, -0.1) is 0 Å². The number of alkyl halides is 2. The van der Waals surface area contributed by atoms with Crippen molar-refractivity contribution in [1.82, 2.24) is 5.32 Å². The summed E-state index contributed by atoms with van der Waals surface area (Å²) in [4.78, 5) is 23.7. The van der Waals surface area contributed by atoms with Crippen molar-refractivity contribution >= 4 is 17.5 Å². The molecule has 2 aromatic rings. The molecule has 0 radical (unpaired) electrons. The minimum Gasteiger partial charge on any atom is -0.482 e. The van der Waals surface area contributed by atoms with Crippen LogP contribution in [-0.4, -0.2) is 25.0 Å². The number of carbonyl (C=O) groups is 2. The van der Waals surface area contributed by atoms with Gasteiger partial charge in [0.25, 0.3) is 11.8 Å². The van der Waals surface area contributed by atoms with Crippen LogP contribution in [0.4, 0.5) is 14.5 Å². The van der Waals surface area contributed by atoms with Gasteiger partial charge in [0.1, 0.15) is 11.5 Å². The van der Waals surface area contributed by atoms with E-state index < -0.39 is 6.61 Å². The van der Waals surface area contributed by atoms with Crippen LogP contribution >= 0.6 is 0 Å². The molecule has 0 aliphatic carbocycles. The molecule has 1 aliphatic rings. The lowest BCUT2D eigenvalue weighted by Gasteiger charge is -2.19. The van der Waals surface area contributed by atoms with E-state index in [1.165, 1.54) is 12.1 Å². The second kappa shape index (κ2) is 7.38. The Labute approximate surface area is 148 Å². The van der Waals surface area contributed by atoms with Crippen molar-refractivity contribution in [3.8, 4) is 11.5 Å². The molecule has 0 spiro atoms. The van der Waals surface area contributed by atoms with E-state index in [2.05, 4.69) is 15.4 Å². The van der Waals surface area contributed by atoms with Crippen LogP contribution in [0.25, 0.3) is 0 Å². The lowest BCUT2D eigenvalue weighted by atomic mass is 10.1. The van der Waals surface area contributed by atoms with Gasteiger partial charge in [-0.1, -0.05) is 12.1 Å². The van der Waals surface area contributed by atoms with Crippen LogP contribution < -0.4 is 20.1 Å². The third-order valence-electron chi connectivity index (χ3n) is 3.83. The third kappa shape index (κ3) is 4.08. The summed E-state index contributed by atoms with van der Waals surface area (Å²) in [6.45, 7) is -1.20. The number of nitrogens with one attached hydrogen (secondary N) is 2. The number of halogens is 2. The lowest BCUT2D eigenvalue weighted by molar-refractivity contribution is -0.118. The largest absolute Gasteiger partial charge is 0.482 e. The molecular weight excluding hydrogens is 346 g/mol. The second-order valence-corrected chi connectivity index (χ2v) is 5.69. The lowest BCUT2D eigenvalue weighted by Crippen LogP contribution is -2.28. The summed E-state index contributed by atoms with van der Waals surface area (Å²) in [5.41, 5.74) is 1.63. The van der Waals surface area contributed by atoms with Gasteiger partial charge in [-0.25, -0.2) is 0 Å². The summed E-state index contributed by atoms with van der Waals surface area (Å²) in [7, 11) is 0. The molecule has 136 valence electrons. The van der Waals surface area contributed by atoms with E-state index in [0.717, 1.165) is 5.56 Å². The Morgan fingerprint density at radius 2 is 1.96 bits per heavy atom. The summed E-state index contributed by atoms with van der Waals surface area (Å²) in [5, 5.41) is 5.47. The molecule has 8 heteroatoms. The molecule has 2 amide bonds. The predicted molar refractivity (Wildman–Crippen MR) is 89.5 cm³/mol. The number of rotatable bonds is 5. The average Bonchev–Trinajstić information content (AvgIpc) is 2.61. The van der Waals surface area contributed by atoms with E-state index in [1.54, 1.807) is 37.3 Å². The Kier molecular flexibility index (Phi) is 5.01. The van der Waals surface area contributed by atoms with E-state index in [1.807, 2.05) is 0 Å². The first kappa shape index (κ1) is 17.7. The van der Waals surface area contributed by atoms with E-state index in [4.69, 9.17) is 4.74 Å². The van der Waals surface area contributed by atoms with Gasteiger partial charge in [-0.05, 0) is 42.8 Å². The SMILES string of the molecule is CC(NC(=O)c1ccc2c(c1)OCC(=O)N2)c1ccc(OC(F)F)cc1. The van der Waals surface area contributed by atoms with Crippen molar-refractivity contribution in [3.05, 3.63) is 53.6 Å². The minimum absolute atomic E-state index is 0.0520. The number of hydrogen-bond donors (Lipinski definition) is 2. The van der Waals surface area contributed by atoms with Crippen molar-refractivity contribution in [1.29, 1.82) is 0 Å². The first-order valence-electron chi connectivity index (χ1n) is 7.84. The molecule has 0 saturated heterocycles. The van der Waals surface area contributed by atoms with Crippen LogP contribution in [0.15, 0.2) is 42.5 Å². The molecule has 0 saturated carbocycles. The number of anilines is 1. The van der Waals surface area contributed by atoms with E-state index in [-0.39, 0.29) is 30.2 Å². The quantitative estimate of drug-likeness (QED) is 0.857. The zero-order chi connectivity index (χ0) is 18.7. The van der Waals surface area contributed by atoms with Crippen molar-refractivity contribution in [2.75, 3.05) is 11.9 Å². The summed E-state index contributed by atoms with van der Waals surface area (Å²) in [6.07, 6.45) is 0. The van der Waals surface area contributed by atoms with Crippen molar-refractivity contribution in [3.63, 3.8) is 0 Å². The van der Waals surface area contributed by atoms with Gasteiger partial charge in [-0.2, -0.15) is 8.78 Å². The number of ether oxygens (including phenoxy) is 2. The highest BCUT2D eigenvalue weighted by molar-refractivity contribution is 5.99. The Balaban J connectivity index is 1.66. The fourth-order valence-corrected chi connectivity index (χ4v) is 2.52. The topological polar surface area (TPSA) is 76.7 Å². The molecule has 1 heterocycles. The van der Waals surface area contributed by atoms with Crippen molar-refractivity contribution in [2.45, 2.75) is 19.6 Å². The molecule has 26 heavy (non-hydrogen) atoms. The van der Waals surface area contributed by atoms with E-state index in [0.29, 0.717) is 17.0 Å². The number of amides is 2. The number of carbonyl (C=O) groups excluding carboxylic acids is 2. The molecule has 1 aliphatic heterocycles. The second-order valence-electron chi connectivity index (χ2n) is 5.69. The highest BCUT2D eigenvalue weighted by Crippen LogP contribution is 2.28. The van der Waals surface area contributed by atoms with Crippen LogP contribution in [0.3, 0.4) is 0 Å². The maximum Gasteiger partial charge on any atom is 0.387 e. The summed E-state index contributed by atoms with van der Waals surface area (Å²) < 4.78 is 33.9. The first-order chi connectivity index (χ1) is 12.4. The van der Waals surface area contributed by atoms with Crippen molar-refractivity contribution < 1.29 is 27.8 Å². The molecule has 0 bridgehead atoms. The summed E-state index contributed by atoms with van der Waals surface area (Å²) >= 11 is 0. The van der Waals surface area contributed by atoms with Crippen LogP contribution in [-0.2, 0) is 4.79 Å². The maximum absolute atomic E-state index is 12.4. The van der Waals surface area contributed by atoms with Crippen LogP contribution in [0.5, 0.6) is 11.5 Å². The van der Waals surface area contributed by atoms with Crippen LogP contribution in [0.1, 0.15) is 28.9 Å². The number of fused-ring (bicyclic) bond motifs is 1. The average molecular weight is 362 g/mol. The molecular formula is C18H16F2N2O4. The van der Waals surface area contributed by atoms with Gasteiger partial charge in [0.15, 0.2) is 6.61 Å². The fourth-order valence-electron chi connectivity index (χ4n) is 2.52. The van der Waals surface area contributed by atoms with Crippen LogP contribution in [0.2, 0.25) is 0 Å². The number of hydrogen-bond acceptors (Lipinski definition) is 4. The number of benzene rings is 2. The Bertz CT molecular complexity index is 824. The summed E-state index contributed by atoms with van der Waals surface area (Å²) in [6, 6.07) is 10.4. The minimum atomic E-state index is -2.88. The molecule has 0 aromatic heterocycles. The van der Waals surface area contributed by atoms with Gasteiger partial charge in [0.2, 0.25) is 0 Å². The molecule has 6 nitrogen and oxygen atoms in total. The fraction of sp³-hybridized carbons (Fsp3) is 0.222. The van der Waals surface area contributed by atoms with Gasteiger partial charge in [0.05, 0.1) is 11.7 Å². The summed E-state index contributed by atoms with van der Waals surface area (Å²) in [5.74, 6) is -0.0918. The first-order valence-corrected chi connectivity index (χ1v) is 7.84. The van der Waals surface area contributed by atoms with Crippen molar-refractivity contribution in [2.24, 2.45) is 0 Å². The molecule has 0 fully saturated rings. The third-order valence-corrected chi connectivity index (χ3v) is 3.83. The molecule has 2 aromatic carbocycles.